The van der Waals surface area contributed by atoms with Gasteiger partial charge in [0.2, 0.25) is 0 Å². The van der Waals surface area contributed by atoms with Crippen molar-refractivity contribution in [1.82, 2.24) is 15.3 Å². The van der Waals surface area contributed by atoms with Crippen LogP contribution in [0, 0.1) is 0 Å². The quantitative estimate of drug-likeness (QED) is 0.871. The van der Waals surface area contributed by atoms with Gasteiger partial charge in [0.05, 0.1) is 0 Å². The van der Waals surface area contributed by atoms with E-state index in [2.05, 4.69) is 29.0 Å². The second-order valence-electron chi connectivity index (χ2n) is 6.67. The molecule has 1 unspecified atom stereocenters. The Bertz CT molecular complexity index is 535. The molecule has 0 bridgehead atoms. The highest BCUT2D eigenvalue weighted by Gasteiger charge is 2.27. The first kappa shape index (κ1) is 14.6. The van der Waals surface area contributed by atoms with Gasteiger partial charge >= 0.3 is 0 Å². The summed E-state index contributed by atoms with van der Waals surface area (Å²) in [5, 5.41) is 3.62. The lowest BCUT2D eigenvalue weighted by molar-refractivity contribution is 0.431. The number of nitrogens with zero attached hydrogens (tertiary/aromatic N) is 2. The number of hydrogen-bond donors (Lipinski definition) is 2. The number of anilines is 1. The summed E-state index contributed by atoms with van der Waals surface area (Å²) in [6, 6.07) is 2.85. The normalized spacial score (nSPS) is 22.8. The van der Waals surface area contributed by atoms with Crippen molar-refractivity contribution in [2.24, 2.45) is 0 Å². The van der Waals surface area contributed by atoms with Gasteiger partial charge in [-0.05, 0) is 32.1 Å². The van der Waals surface area contributed by atoms with Gasteiger partial charge in [-0.2, -0.15) is 0 Å². The molecule has 116 valence electrons. The molecule has 2 aliphatic rings. The maximum absolute atomic E-state index is 11.9. The minimum Gasteiger partial charge on any atom is -0.352 e. The summed E-state index contributed by atoms with van der Waals surface area (Å²) >= 11 is 0. The Kier molecular flexibility index (Phi) is 4.29. The predicted molar refractivity (Wildman–Crippen MR) is 85.0 cm³/mol. The first-order chi connectivity index (χ1) is 10.1. The molecule has 2 heterocycles. The van der Waals surface area contributed by atoms with Crippen LogP contribution in [0.15, 0.2) is 10.9 Å². The van der Waals surface area contributed by atoms with Crippen molar-refractivity contribution in [3.63, 3.8) is 0 Å². The van der Waals surface area contributed by atoms with Crippen molar-refractivity contribution in [3.05, 3.63) is 22.2 Å². The highest BCUT2D eigenvalue weighted by atomic mass is 16.1. The number of piperidine rings is 1. The van der Waals surface area contributed by atoms with Gasteiger partial charge in [-0.25, -0.2) is 4.98 Å². The van der Waals surface area contributed by atoms with Crippen molar-refractivity contribution in [2.75, 3.05) is 18.0 Å². The van der Waals surface area contributed by atoms with Crippen molar-refractivity contribution < 1.29 is 0 Å². The molecule has 3 rings (SSSR count). The van der Waals surface area contributed by atoms with E-state index in [1.165, 1.54) is 32.1 Å². The fourth-order valence-electron chi connectivity index (χ4n) is 2.99. The molecule has 0 aromatic carbocycles. The third-order valence-electron chi connectivity index (χ3n) is 4.43. The fourth-order valence-corrected chi connectivity index (χ4v) is 2.99. The summed E-state index contributed by atoms with van der Waals surface area (Å²) in [7, 11) is 0. The van der Waals surface area contributed by atoms with Crippen molar-refractivity contribution >= 4 is 5.82 Å². The average molecular weight is 290 g/mol. The third-order valence-corrected chi connectivity index (χ3v) is 4.43. The minimum atomic E-state index is -0.0387. The lowest BCUT2D eigenvalue weighted by atomic mass is 10.0. The Hall–Kier alpha value is -1.36. The molecule has 0 radical (unpaired) electrons. The Morgan fingerprint density at radius 3 is 2.90 bits per heavy atom. The van der Waals surface area contributed by atoms with Gasteiger partial charge in [0, 0.05) is 37.2 Å². The van der Waals surface area contributed by atoms with Gasteiger partial charge in [0.1, 0.15) is 11.6 Å². The van der Waals surface area contributed by atoms with Crippen molar-refractivity contribution in [3.8, 4) is 0 Å². The topological polar surface area (TPSA) is 61.0 Å². The van der Waals surface area contributed by atoms with E-state index in [4.69, 9.17) is 4.98 Å². The minimum absolute atomic E-state index is 0.0387. The molecule has 1 saturated heterocycles. The Morgan fingerprint density at radius 1 is 1.38 bits per heavy atom. The van der Waals surface area contributed by atoms with Gasteiger partial charge in [0.25, 0.3) is 5.56 Å². The number of H-pyrrole nitrogens is 1. The molecule has 0 amide bonds. The zero-order chi connectivity index (χ0) is 14.8. The van der Waals surface area contributed by atoms with E-state index in [-0.39, 0.29) is 11.5 Å². The van der Waals surface area contributed by atoms with Crippen LogP contribution in [0.5, 0.6) is 0 Å². The summed E-state index contributed by atoms with van der Waals surface area (Å²) in [4.78, 5) is 21.8. The van der Waals surface area contributed by atoms with E-state index >= 15 is 0 Å². The highest BCUT2D eigenvalue weighted by Crippen LogP contribution is 2.24. The van der Waals surface area contributed by atoms with E-state index in [0.717, 1.165) is 30.8 Å². The van der Waals surface area contributed by atoms with Crippen LogP contribution in [-0.4, -0.2) is 35.1 Å². The molecule has 5 heteroatoms. The van der Waals surface area contributed by atoms with Crippen LogP contribution < -0.4 is 15.8 Å². The molecule has 1 aromatic rings. The molecule has 21 heavy (non-hydrogen) atoms. The lowest BCUT2D eigenvalue weighted by Crippen LogP contribution is -2.47. The zero-order valence-electron chi connectivity index (χ0n) is 13.1. The molecule has 1 atom stereocenters. The van der Waals surface area contributed by atoms with Crippen LogP contribution in [0.1, 0.15) is 57.7 Å². The molecular weight excluding hydrogens is 264 g/mol. The molecule has 1 aliphatic carbocycles. The monoisotopic (exact) mass is 290 g/mol. The van der Waals surface area contributed by atoms with E-state index in [0.29, 0.717) is 6.04 Å². The first-order valence-corrected chi connectivity index (χ1v) is 8.25. The summed E-state index contributed by atoms with van der Waals surface area (Å²) in [6.45, 7) is 6.13. The van der Waals surface area contributed by atoms with Gasteiger partial charge < -0.3 is 15.2 Å². The maximum atomic E-state index is 11.9. The molecule has 1 saturated carbocycles. The van der Waals surface area contributed by atoms with Crippen molar-refractivity contribution in [2.45, 2.75) is 64.0 Å². The van der Waals surface area contributed by atoms with E-state index in [1.807, 2.05) is 0 Å². The summed E-state index contributed by atoms with van der Waals surface area (Å²) < 4.78 is 0. The largest absolute Gasteiger partial charge is 0.352 e. The molecule has 5 nitrogen and oxygen atoms in total. The van der Waals surface area contributed by atoms with Gasteiger partial charge in [-0.15, -0.1) is 0 Å². The first-order valence-electron chi connectivity index (χ1n) is 8.25. The van der Waals surface area contributed by atoms with Crippen LogP contribution in [0.3, 0.4) is 0 Å². The van der Waals surface area contributed by atoms with E-state index in [9.17, 15) is 4.79 Å². The third kappa shape index (κ3) is 3.64. The number of nitrogens with one attached hydrogen (secondary N) is 2. The number of aromatic nitrogens is 2. The average Bonchev–Trinajstić information content (AvgIpc) is 3.29. The molecular formula is C16H26N4O. The smallest absolute Gasteiger partial charge is 0.252 e. The standard InChI is InChI=1S/C16H26N4O/c1-11(2)16-18-14(9-15(21)19-16)20-8-4-3-5-13(20)10-17-12-6-7-12/h9,11-13,17H,3-8,10H2,1-2H3,(H,18,19,21). The Morgan fingerprint density at radius 2 is 2.19 bits per heavy atom. The predicted octanol–water partition coefficient (Wildman–Crippen LogP) is 2.00. The summed E-state index contributed by atoms with van der Waals surface area (Å²) in [5.74, 6) is 1.88. The summed E-state index contributed by atoms with van der Waals surface area (Å²) in [5.41, 5.74) is -0.0387. The maximum Gasteiger partial charge on any atom is 0.252 e. The Balaban J connectivity index is 1.79. The number of aromatic amines is 1. The van der Waals surface area contributed by atoms with Gasteiger partial charge in [0.15, 0.2) is 0 Å². The molecule has 1 aromatic heterocycles. The van der Waals surface area contributed by atoms with Crippen LogP contribution in [0.4, 0.5) is 5.82 Å². The number of rotatable bonds is 5. The van der Waals surface area contributed by atoms with Crippen LogP contribution in [0.2, 0.25) is 0 Å². The van der Waals surface area contributed by atoms with Gasteiger partial charge in [-0.3, -0.25) is 4.79 Å². The number of hydrogen-bond acceptors (Lipinski definition) is 4. The van der Waals surface area contributed by atoms with E-state index < -0.39 is 0 Å². The second-order valence-corrected chi connectivity index (χ2v) is 6.67. The van der Waals surface area contributed by atoms with E-state index in [1.54, 1.807) is 6.07 Å². The van der Waals surface area contributed by atoms with Crippen LogP contribution in [-0.2, 0) is 0 Å². The molecule has 2 N–H and O–H groups in total. The fraction of sp³-hybridized carbons (Fsp3) is 0.750. The summed E-state index contributed by atoms with van der Waals surface area (Å²) in [6.07, 6.45) is 6.27. The van der Waals surface area contributed by atoms with Crippen LogP contribution >= 0.6 is 0 Å². The van der Waals surface area contributed by atoms with Gasteiger partial charge in [-0.1, -0.05) is 13.8 Å². The molecule has 2 fully saturated rings. The van der Waals surface area contributed by atoms with Crippen LogP contribution in [0.25, 0.3) is 0 Å². The Labute approximate surface area is 126 Å². The lowest BCUT2D eigenvalue weighted by Gasteiger charge is -2.37. The second kappa shape index (κ2) is 6.18. The molecule has 1 aliphatic heterocycles. The highest BCUT2D eigenvalue weighted by molar-refractivity contribution is 5.40. The SMILES string of the molecule is CC(C)c1nc(N2CCCCC2CNC2CC2)cc(=O)[nH]1. The molecule has 0 spiro atoms. The van der Waals surface area contributed by atoms with Crippen molar-refractivity contribution in [1.29, 1.82) is 0 Å². The zero-order valence-corrected chi connectivity index (χ0v) is 13.1.